The molecule has 18 heavy (non-hydrogen) atoms. The lowest BCUT2D eigenvalue weighted by molar-refractivity contribution is 0.121. The van der Waals surface area contributed by atoms with Crippen LogP contribution in [0.2, 0.25) is 0 Å². The lowest BCUT2D eigenvalue weighted by Crippen LogP contribution is -2.48. The number of hydrogen-bond donors (Lipinski definition) is 1. The van der Waals surface area contributed by atoms with Gasteiger partial charge in [0.15, 0.2) is 0 Å². The zero-order valence-electron chi connectivity index (χ0n) is 13.4. The molecule has 1 N–H and O–H groups in total. The Morgan fingerprint density at radius 1 is 1.06 bits per heavy atom. The molecule has 1 aliphatic rings. The van der Waals surface area contributed by atoms with E-state index in [2.05, 4.69) is 39.9 Å². The SMILES string of the molecule is CCCNC(C1CCC(CC)CC1)C(C)(C)CC. The molecular formula is C17H35N. The van der Waals surface area contributed by atoms with Gasteiger partial charge in [0.25, 0.3) is 0 Å². The van der Waals surface area contributed by atoms with E-state index in [0.717, 1.165) is 17.9 Å². The van der Waals surface area contributed by atoms with Gasteiger partial charge in [0.05, 0.1) is 0 Å². The molecule has 1 aliphatic carbocycles. The van der Waals surface area contributed by atoms with Gasteiger partial charge in [0, 0.05) is 6.04 Å². The first-order chi connectivity index (χ1) is 8.55. The van der Waals surface area contributed by atoms with E-state index in [1.807, 2.05) is 0 Å². The van der Waals surface area contributed by atoms with Crippen LogP contribution in [0.4, 0.5) is 0 Å². The van der Waals surface area contributed by atoms with Crippen molar-refractivity contribution in [2.45, 2.75) is 85.6 Å². The molecule has 0 aromatic rings. The van der Waals surface area contributed by atoms with Gasteiger partial charge in [-0.2, -0.15) is 0 Å². The van der Waals surface area contributed by atoms with Crippen LogP contribution in [0.15, 0.2) is 0 Å². The van der Waals surface area contributed by atoms with Crippen molar-refractivity contribution in [3.63, 3.8) is 0 Å². The standard InChI is InChI=1S/C17H35N/c1-6-13-18-16(17(4,5)8-3)15-11-9-14(7-2)10-12-15/h14-16,18H,6-13H2,1-5H3. The molecule has 1 fully saturated rings. The fourth-order valence-electron chi connectivity index (χ4n) is 3.53. The Balaban J connectivity index is 2.60. The van der Waals surface area contributed by atoms with E-state index in [1.54, 1.807) is 0 Å². The molecule has 0 spiro atoms. The maximum Gasteiger partial charge on any atom is 0.0146 e. The maximum absolute atomic E-state index is 3.86. The summed E-state index contributed by atoms with van der Waals surface area (Å²) in [5.41, 5.74) is 0.443. The van der Waals surface area contributed by atoms with E-state index in [4.69, 9.17) is 0 Å². The molecule has 1 nitrogen and oxygen atoms in total. The van der Waals surface area contributed by atoms with Gasteiger partial charge in [0.1, 0.15) is 0 Å². The molecule has 0 aliphatic heterocycles. The van der Waals surface area contributed by atoms with Gasteiger partial charge in [0.2, 0.25) is 0 Å². The fourth-order valence-corrected chi connectivity index (χ4v) is 3.53. The van der Waals surface area contributed by atoms with E-state index in [1.165, 1.54) is 51.5 Å². The predicted molar refractivity (Wildman–Crippen MR) is 81.9 cm³/mol. The molecule has 1 atom stereocenters. The monoisotopic (exact) mass is 253 g/mol. The van der Waals surface area contributed by atoms with Gasteiger partial charge >= 0.3 is 0 Å². The van der Waals surface area contributed by atoms with Gasteiger partial charge in [-0.3, -0.25) is 0 Å². The minimum Gasteiger partial charge on any atom is -0.313 e. The third-order valence-electron chi connectivity index (χ3n) is 5.31. The highest BCUT2D eigenvalue weighted by molar-refractivity contribution is 4.90. The third-order valence-corrected chi connectivity index (χ3v) is 5.31. The predicted octanol–water partition coefficient (Wildman–Crippen LogP) is 5.01. The molecule has 0 radical (unpaired) electrons. The smallest absolute Gasteiger partial charge is 0.0146 e. The van der Waals surface area contributed by atoms with Crippen molar-refractivity contribution >= 4 is 0 Å². The molecule has 0 aromatic heterocycles. The Bertz CT molecular complexity index is 214. The van der Waals surface area contributed by atoms with E-state index >= 15 is 0 Å². The van der Waals surface area contributed by atoms with Crippen LogP contribution in [-0.2, 0) is 0 Å². The van der Waals surface area contributed by atoms with Crippen LogP contribution in [-0.4, -0.2) is 12.6 Å². The molecule has 1 unspecified atom stereocenters. The molecule has 0 aromatic carbocycles. The van der Waals surface area contributed by atoms with Crippen LogP contribution in [0.3, 0.4) is 0 Å². The normalized spacial score (nSPS) is 27.2. The topological polar surface area (TPSA) is 12.0 Å². The molecule has 0 amide bonds. The minimum absolute atomic E-state index is 0.443. The average molecular weight is 253 g/mol. The molecule has 1 heteroatoms. The zero-order valence-corrected chi connectivity index (χ0v) is 13.4. The van der Waals surface area contributed by atoms with Crippen LogP contribution in [0, 0.1) is 17.3 Å². The number of nitrogens with one attached hydrogen (secondary N) is 1. The molecular weight excluding hydrogens is 218 g/mol. The lowest BCUT2D eigenvalue weighted by Gasteiger charge is -2.43. The van der Waals surface area contributed by atoms with Gasteiger partial charge < -0.3 is 5.32 Å². The summed E-state index contributed by atoms with van der Waals surface area (Å²) >= 11 is 0. The van der Waals surface area contributed by atoms with Crippen LogP contribution in [0.1, 0.15) is 79.6 Å². The Hall–Kier alpha value is -0.0400. The minimum atomic E-state index is 0.443. The molecule has 1 saturated carbocycles. The van der Waals surface area contributed by atoms with Crippen molar-refractivity contribution in [2.75, 3.05) is 6.54 Å². The van der Waals surface area contributed by atoms with Crippen molar-refractivity contribution in [3.05, 3.63) is 0 Å². The van der Waals surface area contributed by atoms with Crippen molar-refractivity contribution < 1.29 is 0 Å². The summed E-state index contributed by atoms with van der Waals surface area (Å²) in [5, 5.41) is 3.86. The van der Waals surface area contributed by atoms with Crippen molar-refractivity contribution in [1.29, 1.82) is 0 Å². The van der Waals surface area contributed by atoms with E-state index in [9.17, 15) is 0 Å². The average Bonchev–Trinajstić information content (AvgIpc) is 2.39. The zero-order chi connectivity index (χ0) is 13.6. The number of hydrogen-bond acceptors (Lipinski definition) is 1. The Kier molecular flexibility index (Phi) is 6.70. The second kappa shape index (κ2) is 7.53. The van der Waals surface area contributed by atoms with E-state index < -0.39 is 0 Å². The van der Waals surface area contributed by atoms with Crippen LogP contribution < -0.4 is 5.32 Å². The van der Waals surface area contributed by atoms with Crippen LogP contribution in [0.5, 0.6) is 0 Å². The van der Waals surface area contributed by atoms with Crippen LogP contribution in [0.25, 0.3) is 0 Å². The van der Waals surface area contributed by atoms with Gasteiger partial charge in [-0.05, 0) is 49.5 Å². The lowest BCUT2D eigenvalue weighted by atomic mass is 9.68. The fraction of sp³-hybridized carbons (Fsp3) is 1.00. The molecule has 0 bridgehead atoms. The number of rotatable bonds is 7. The maximum atomic E-state index is 3.86. The summed E-state index contributed by atoms with van der Waals surface area (Å²) in [5.74, 6) is 1.92. The Morgan fingerprint density at radius 3 is 2.11 bits per heavy atom. The second-order valence-electron chi connectivity index (χ2n) is 6.96. The summed E-state index contributed by atoms with van der Waals surface area (Å²) in [6.07, 6.45) is 9.74. The second-order valence-corrected chi connectivity index (χ2v) is 6.96. The quantitative estimate of drug-likeness (QED) is 0.672. The van der Waals surface area contributed by atoms with Crippen molar-refractivity contribution in [3.8, 4) is 0 Å². The Morgan fingerprint density at radius 2 is 1.67 bits per heavy atom. The highest BCUT2D eigenvalue weighted by atomic mass is 14.9. The molecule has 1 rings (SSSR count). The van der Waals surface area contributed by atoms with E-state index in [0.29, 0.717) is 5.41 Å². The summed E-state index contributed by atoms with van der Waals surface area (Å²) in [7, 11) is 0. The first-order valence-electron chi connectivity index (χ1n) is 8.28. The van der Waals surface area contributed by atoms with Gasteiger partial charge in [-0.25, -0.2) is 0 Å². The summed E-state index contributed by atoms with van der Waals surface area (Å²) < 4.78 is 0. The van der Waals surface area contributed by atoms with Gasteiger partial charge in [-0.15, -0.1) is 0 Å². The van der Waals surface area contributed by atoms with E-state index in [-0.39, 0.29) is 0 Å². The highest BCUT2D eigenvalue weighted by Gasteiger charge is 2.35. The van der Waals surface area contributed by atoms with Crippen LogP contribution >= 0.6 is 0 Å². The summed E-state index contributed by atoms with van der Waals surface area (Å²) in [6.45, 7) is 13.1. The summed E-state index contributed by atoms with van der Waals surface area (Å²) in [4.78, 5) is 0. The molecule has 0 heterocycles. The van der Waals surface area contributed by atoms with Gasteiger partial charge in [-0.1, -0.05) is 53.9 Å². The first kappa shape index (κ1) is 16.0. The molecule has 108 valence electrons. The largest absolute Gasteiger partial charge is 0.313 e. The van der Waals surface area contributed by atoms with Crippen molar-refractivity contribution in [1.82, 2.24) is 5.32 Å². The first-order valence-corrected chi connectivity index (χ1v) is 8.28. The highest BCUT2D eigenvalue weighted by Crippen LogP contribution is 2.39. The summed E-state index contributed by atoms with van der Waals surface area (Å²) in [6, 6.07) is 0.722. The van der Waals surface area contributed by atoms with Crippen molar-refractivity contribution in [2.24, 2.45) is 17.3 Å². The Labute approximate surface area is 115 Å². The third kappa shape index (κ3) is 4.26. The molecule has 0 saturated heterocycles.